The maximum Gasteiger partial charge on any atom is 0.226 e. The summed E-state index contributed by atoms with van der Waals surface area (Å²) >= 11 is 6.87. The average Bonchev–Trinajstić information content (AvgIpc) is 3.39. The van der Waals surface area contributed by atoms with E-state index in [-0.39, 0.29) is 24.7 Å². The van der Waals surface area contributed by atoms with E-state index in [4.69, 9.17) is 26.1 Å². The van der Waals surface area contributed by atoms with Gasteiger partial charge < -0.3 is 25.2 Å². The molecule has 0 spiro atoms. The predicted octanol–water partition coefficient (Wildman–Crippen LogP) is 4.72. The highest BCUT2D eigenvalue weighted by Crippen LogP contribution is 2.44. The van der Waals surface area contributed by atoms with Gasteiger partial charge in [-0.25, -0.2) is 4.98 Å². The number of aryl methyl sites for hydroxylation is 2. The van der Waals surface area contributed by atoms with Gasteiger partial charge in [-0.3, -0.25) is 4.98 Å². The lowest BCUT2D eigenvalue weighted by Crippen LogP contribution is -2.27. The Kier molecular flexibility index (Phi) is 7.56. The fourth-order valence-electron chi connectivity index (χ4n) is 6.02. The lowest BCUT2D eigenvalue weighted by Gasteiger charge is -2.25. The first-order valence-electron chi connectivity index (χ1n) is 13.2. The molecule has 9 heteroatoms. The summed E-state index contributed by atoms with van der Waals surface area (Å²) in [6.45, 7) is 11.0. The van der Waals surface area contributed by atoms with E-state index in [1.165, 1.54) is 0 Å². The fourth-order valence-corrected chi connectivity index (χ4v) is 6.31. The van der Waals surface area contributed by atoms with E-state index in [2.05, 4.69) is 40.5 Å². The molecule has 2 aromatic rings. The highest BCUT2D eigenvalue weighted by Gasteiger charge is 2.39. The molecule has 1 aliphatic carbocycles. The van der Waals surface area contributed by atoms with E-state index >= 15 is 0 Å². The van der Waals surface area contributed by atoms with Crippen molar-refractivity contribution in [3.05, 3.63) is 33.7 Å². The van der Waals surface area contributed by atoms with E-state index < -0.39 is 0 Å². The van der Waals surface area contributed by atoms with Gasteiger partial charge in [-0.05, 0) is 62.8 Å². The summed E-state index contributed by atoms with van der Waals surface area (Å²) in [5.41, 5.74) is 3.79. The number of aliphatic hydroxyl groups is 1. The molecule has 8 nitrogen and oxygen atoms in total. The second kappa shape index (κ2) is 10.7. The SMILES string of the molecule is Cc1cc2c(c(C)n1)OC(c1c(Cl)nc(NCC3CCOCC3)nc1N[C@@H]1C[C@H](CO)[C@@H](C)[C@H]1C)C2. The summed E-state index contributed by atoms with van der Waals surface area (Å²) in [6.07, 6.45) is 3.36. The maximum atomic E-state index is 9.88. The molecule has 0 bridgehead atoms. The highest BCUT2D eigenvalue weighted by atomic mass is 35.5. The Morgan fingerprint density at radius 1 is 1.11 bits per heavy atom. The molecule has 3 N–H and O–H groups in total. The number of ether oxygens (including phenoxy) is 2. The van der Waals surface area contributed by atoms with Gasteiger partial charge in [0.1, 0.15) is 22.8 Å². The Bertz CT molecular complexity index is 1090. The maximum absolute atomic E-state index is 9.88. The van der Waals surface area contributed by atoms with Crippen LogP contribution in [-0.4, -0.2) is 52.5 Å². The van der Waals surface area contributed by atoms with Gasteiger partial charge in [0.2, 0.25) is 5.95 Å². The molecule has 1 saturated heterocycles. The van der Waals surface area contributed by atoms with Crippen LogP contribution in [0.4, 0.5) is 11.8 Å². The Hall–Kier alpha value is -2.16. The van der Waals surface area contributed by atoms with Gasteiger partial charge in [0.05, 0.1) is 11.3 Å². The van der Waals surface area contributed by atoms with Gasteiger partial charge in [-0.15, -0.1) is 0 Å². The summed E-state index contributed by atoms with van der Waals surface area (Å²) in [5.74, 6) is 3.68. The second-order valence-corrected chi connectivity index (χ2v) is 11.2. The zero-order chi connectivity index (χ0) is 25.4. The molecular weight excluding hydrogens is 478 g/mol. The Morgan fingerprint density at radius 2 is 1.89 bits per heavy atom. The minimum absolute atomic E-state index is 0.180. The number of rotatable bonds is 7. The Morgan fingerprint density at radius 3 is 2.61 bits per heavy atom. The fraction of sp³-hybridized carbons (Fsp3) is 0.667. The van der Waals surface area contributed by atoms with Gasteiger partial charge in [0, 0.05) is 50.1 Å². The molecule has 2 aliphatic heterocycles. The number of aliphatic hydroxyl groups excluding tert-OH is 1. The largest absolute Gasteiger partial charge is 0.483 e. The third-order valence-corrected chi connectivity index (χ3v) is 8.73. The molecule has 4 heterocycles. The number of nitrogens with one attached hydrogen (secondary N) is 2. The van der Waals surface area contributed by atoms with Crippen LogP contribution < -0.4 is 15.4 Å². The summed E-state index contributed by atoms with van der Waals surface area (Å²) in [6, 6.07) is 2.26. The Labute approximate surface area is 218 Å². The van der Waals surface area contributed by atoms with Crippen molar-refractivity contribution in [2.45, 2.75) is 65.5 Å². The van der Waals surface area contributed by atoms with E-state index in [1.54, 1.807) is 0 Å². The number of hydrogen-bond acceptors (Lipinski definition) is 8. The minimum Gasteiger partial charge on any atom is -0.483 e. The molecular formula is C27H38ClN5O3. The summed E-state index contributed by atoms with van der Waals surface area (Å²) in [4.78, 5) is 14.1. The van der Waals surface area contributed by atoms with Crippen LogP contribution in [0.5, 0.6) is 5.75 Å². The monoisotopic (exact) mass is 515 g/mol. The number of pyridine rings is 1. The minimum atomic E-state index is -0.287. The van der Waals surface area contributed by atoms with Crippen LogP contribution >= 0.6 is 11.6 Å². The molecule has 5 rings (SSSR count). The van der Waals surface area contributed by atoms with Crippen molar-refractivity contribution in [3.8, 4) is 5.75 Å². The van der Waals surface area contributed by atoms with Gasteiger partial charge in [0.25, 0.3) is 0 Å². The van der Waals surface area contributed by atoms with Crippen LogP contribution in [0, 0.1) is 37.5 Å². The first-order valence-corrected chi connectivity index (χ1v) is 13.6. The number of aromatic nitrogens is 3. The van der Waals surface area contributed by atoms with E-state index in [1.807, 2.05) is 13.8 Å². The molecule has 0 amide bonds. The first kappa shape index (κ1) is 25.5. The van der Waals surface area contributed by atoms with Gasteiger partial charge in [-0.2, -0.15) is 4.98 Å². The van der Waals surface area contributed by atoms with E-state index in [0.717, 1.165) is 67.3 Å². The van der Waals surface area contributed by atoms with Crippen molar-refractivity contribution in [1.29, 1.82) is 0 Å². The topological polar surface area (TPSA) is 101 Å². The van der Waals surface area contributed by atoms with Crippen LogP contribution in [-0.2, 0) is 11.2 Å². The number of anilines is 2. The normalized spacial score (nSPS) is 28.1. The number of halogens is 1. The first-order chi connectivity index (χ1) is 17.3. The molecule has 3 aliphatic rings. The standard InChI is InChI=1S/C27H38ClN5O3/c1-14-9-19-11-22(36-24(19)17(4)30-14)23-25(28)32-27(29-12-18-5-7-35-8-6-18)33-26(23)31-21-10-20(13-34)15(2)16(21)3/h9,15-16,18,20-22,34H,5-8,10-13H2,1-4H3,(H2,29,31,32,33)/t15-,16+,20+,21+,22?/m0/s1. The lowest BCUT2D eigenvalue weighted by molar-refractivity contribution is 0.0699. The smallest absolute Gasteiger partial charge is 0.226 e. The van der Waals surface area contributed by atoms with E-state index in [0.29, 0.717) is 41.1 Å². The van der Waals surface area contributed by atoms with Gasteiger partial charge in [0.15, 0.2) is 0 Å². The third-order valence-electron chi connectivity index (χ3n) is 8.44. The van der Waals surface area contributed by atoms with Crippen LogP contribution in [0.1, 0.15) is 61.7 Å². The van der Waals surface area contributed by atoms with Crippen molar-refractivity contribution in [2.24, 2.45) is 23.7 Å². The van der Waals surface area contributed by atoms with Gasteiger partial charge in [-0.1, -0.05) is 25.4 Å². The van der Waals surface area contributed by atoms with Crippen molar-refractivity contribution in [1.82, 2.24) is 15.0 Å². The van der Waals surface area contributed by atoms with E-state index in [9.17, 15) is 5.11 Å². The van der Waals surface area contributed by atoms with Crippen LogP contribution in [0.3, 0.4) is 0 Å². The quantitative estimate of drug-likeness (QED) is 0.455. The molecule has 0 aromatic carbocycles. The van der Waals surface area contributed by atoms with Crippen molar-refractivity contribution in [2.75, 3.05) is 37.0 Å². The van der Waals surface area contributed by atoms with Crippen molar-refractivity contribution >= 4 is 23.4 Å². The molecule has 5 atom stereocenters. The predicted molar refractivity (Wildman–Crippen MR) is 141 cm³/mol. The highest BCUT2D eigenvalue weighted by molar-refractivity contribution is 6.30. The van der Waals surface area contributed by atoms with Gasteiger partial charge >= 0.3 is 0 Å². The molecule has 1 unspecified atom stereocenters. The average molecular weight is 516 g/mol. The summed E-state index contributed by atoms with van der Waals surface area (Å²) in [5, 5.41) is 17.4. The number of fused-ring (bicyclic) bond motifs is 1. The summed E-state index contributed by atoms with van der Waals surface area (Å²) in [7, 11) is 0. The van der Waals surface area contributed by atoms with Crippen LogP contribution in [0.25, 0.3) is 0 Å². The lowest BCUT2D eigenvalue weighted by atomic mass is 9.92. The van der Waals surface area contributed by atoms with Crippen LogP contribution in [0.2, 0.25) is 5.15 Å². The van der Waals surface area contributed by atoms with Crippen LogP contribution in [0.15, 0.2) is 6.07 Å². The molecule has 1 saturated carbocycles. The second-order valence-electron chi connectivity index (χ2n) is 10.8. The zero-order valence-corrected chi connectivity index (χ0v) is 22.4. The zero-order valence-electron chi connectivity index (χ0n) is 21.7. The molecule has 0 radical (unpaired) electrons. The Balaban J connectivity index is 1.43. The van der Waals surface area contributed by atoms with Crippen molar-refractivity contribution in [3.63, 3.8) is 0 Å². The van der Waals surface area contributed by atoms with Crippen molar-refractivity contribution < 1.29 is 14.6 Å². The molecule has 196 valence electrons. The molecule has 2 fully saturated rings. The summed E-state index contributed by atoms with van der Waals surface area (Å²) < 4.78 is 11.9. The molecule has 2 aromatic heterocycles. The molecule has 36 heavy (non-hydrogen) atoms. The number of hydrogen-bond donors (Lipinski definition) is 3. The third kappa shape index (κ3) is 5.13. The number of nitrogens with zero attached hydrogens (tertiary/aromatic N) is 3.